The Labute approximate surface area is 83.5 Å². The van der Waals surface area contributed by atoms with Crippen molar-refractivity contribution in [1.29, 1.82) is 0 Å². The Bertz CT molecular complexity index is 476. The van der Waals surface area contributed by atoms with Crippen LogP contribution in [0.25, 0.3) is 11.0 Å². The number of carbonyl (C=O) groups excluding carboxylic acids is 1. The summed E-state index contributed by atoms with van der Waals surface area (Å²) in [5.41, 5.74) is 2.34. The molecule has 0 N–H and O–H groups in total. The highest BCUT2D eigenvalue weighted by Gasteiger charge is 2.06. The molecule has 0 radical (unpaired) electrons. The van der Waals surface area contributed by atoms with E-state index in [0.717, 1.165) is 21.8 Å². The summed E-state index contributed by atoms with van der Waals surface area (Å²) < 4.78 is 2.80. The summed E-state index contributed by atoms with van der Waals surface area (Å²) in [6.45, 7) is 0. The minimum atomic E-state index is 0.630. The highest BCUT2D eigenvalue weighted by molar-refractivity contribution is 9.10. The smallest absolute Gasteiger partial charge is 0.153 e. The van der Waals surface area contributed by atoms with Gasteiger partial charge < -0.3 is 4.57 Å². The van der Waals surface area contributed by atoms with E-state index in [1.807, 2.05) is 17.7 Å². The van der Waals surface area contributed by atoms with E-state index in [9.17, 15) is 4.79 Å². The van der Waals surface area contributed by atoms with Gasteiger partial charge >= 0.3 is 0 Å². The maximum atomic E-state index is 10.7. The molecular formula is C9H7BrN2O. The van der Waals surface area contributed by atoms with E-state index in [-0.39, 0.29) is 0 Å². The van der Waals surface area contributed by atoms with Gasteiger partial charge in [0.1, 0.15) is 0 Å². The van der Waals surface area contributed by atoms with Crippen molar-refractivity contribution in [2.75, 3.05) is 0 Å². The molecule has 13 heavy (non-hydrogen) atoms. The molecule has 2 aromatic heterocycles. The SMILES string of the molecule is Cn1cc(C=O)c2ncc(Br)cc21. The van der Waals surface area contributed by atoms with Gasteiger partial charge in [0.25, 0.3) is 0 Å². The molecule has 0 unspecified atom stereocenters. The Kier molecular flexibility index (Phi) is 1.92. The fourth-order valence-electron chi connectivity index (χ4n) is 1.35. The number of aromatic nitrogens is 2. The molecule has 0 fully saturated rings. The quantitative estimate of drug-likeness (QED) is 0.714. The van der Waals surface area contributed by atoms with Gasteiger partial charge in [-0.1, -0.05) is 0 Å². The number of nitrogens with zero attached hydrogens (tertiary/aromatic N) is 2. The van der Waals surface area contributed by atoms with Crippen molar-refractivity contribution in [2.45, 2.75) is 0 Å². The van der Waals surface area contributed by atoms with Crippen LogP contribution >= 0.6 is 15.9 Å². The lowest BCUT2D eigenvalue weighted by Crippen LogP contribution is -1.84. The summed E-state index contributed by atoms with van der Waals surface area (Å²) >= 11 is 3.33. The van der Waals surface area contributed by atoms with Crippen molar-refractivity contribution in [3.05, 3.63) is 28.5 Å². The summed E-state index contributed by atoms with van der Waals surface area (Å²) in [5.74, 6) is 0. The number of hydrogen-bond acceptors (Lipinski definition) is 2. The molecule has 0 amide bonds. The van der Waals surface area contributed by atoms with Gasteiger partial charge in [-0.3, -0.25) is 9.78 Å². The third-order valence-electron chi connectivity index (χ3n) is 1.95. The summed E-state index contributed by atoms with van der Waals surface area (Å²) in [7, 11) is 1.89. The molecule has 66 valence electrons. The molecule has 0 spiro atoms. The van der Waals surface area contributed by atoms with Gasteiger partial charge in [-0.25, -0.2) is 0 Å². The van der Waals surface area contributed by atoms with Crippen molar-refractivity contribution in [1.82, 2.24) is 9.55 Å². The lowest BCUT2D eigenvalue weighted by atomic mass is 10.3. The van der Waals surface area contributed by atoms with Crippen LogP contribution in [0.4, 0.5) is 0 Å². The Hall–Kier alpha value is -1.16. The first-order valence-corrected chi connectivity index (χ1v) is 4.57. The van der Waals surface area contributed by atoms with E-state index in [1.165, 1.54) is 0 Å². The molecule has 0 atom stereocenters. The Balaban J connectivity index is 2.88. The predicted octanol–water partition coefficient (Wildman–Crippen LogP) is 2.15. The highest BCUT2D eigenvalue weighted by Crippen LogP contribution is 2.20. The zero-order valence-corrected chi connectivity index (χ0v) is 8.58. The molecule has 0 saturated carbocycles. The fourth-order valence-corrected chi connectivity index (χ4v) is 1.66. The van der Waals surface area contributed by atoms with E-state index in [4.69, 9.17) is 0 Å². The standard InChI is InChI=1S/C9H7BrN2O/c1-12-4-6(5-13)9-8(12)2-7(10)3-11-9/h2-5H,1H3. The second-order valence-corrected chi connectivity index (χ2v) is 3.75. The first-order valence-electron chi connectivity index (χ1n) is 3.78. The van der Waals surface area contributed by atoms with Gasteiger partial charge in [0, 0.05) is 23.9 Å². The average molecular weight is 239 g/mol. The second-order valence-electron chi connectivity index (χ2n) is 2.83. The molecule has 4 heteroatoms. The minimum Gasteiger partial charge on any atom is -0.348 e. The molecule has 0 aliphatic rings. The fraction of sp³-hybridized carbons (Fsp3) is 0.111. The van der Waals surface area contributed by atoms with Gasteiger partial charge in [-0.15, -0.1) is 0 Å². The zero-order chi connectivity index (χ0) is 9.42. The summed E-state index contributed by atoms with van der Waals surface area (Å²) in [4.78, 5) is 14.8. The first-order chi connectivity index (χ1) is 6.22. The largest absolute Gasteiger partial charge is 0.348 e. The summed E-state index contributed by atoms with van der Waals surface area (Å²) in [6, 6.07) is 1.94. The third kappa shape index (κ3) is 1.27. The number of fused-ring (bicyclic) bond motifs is 1. The van der Waals surface area contributed by atoms with Crippen molar-refractivity contribution in [2.24, 2.45) is 7.05 Å². The van der Waals surface area contributed by atoms with Crippen LogP contribution in [0.3, 0.4) is 0 Å². The van der Waals surface area contributed by atoms with Gasteiger partial charge in [-0.2, -0.15) is 0 Å². The molecule has 0 bridgehead atoms. The predicted molar refractivity (Wildman–Crippen MR) is 53.8 cm³/mol. The number of halogens is 1. The lowest BCUT2D eigenvalue weighted by Gasteiger charge is -1.94. The number of aryl methyl sites for hydroxylation is 1. The molecule has 2 aromatic rings. The van der Waals surface area contributed by atoms with Gasteiger partial charge in [0.05, 0.1) is 16.6 Å². The second kappa shape index (κ2) is 2.96. The molecule has 0 aliphatic carbocycles. The number of hydrogen-bond donors (Lipinski definition) is 0. The van der Waals surface area contributed by atoms with Crippen LogP contribution in [-0.4, -0.2) is 15.8 Å². The third-order valence-corrected chi connectivity index (χ3v) is 2.38. The molecule has 3 nitrogen and oxygen atoms in total. The number of pyridine rings is 1. The van der Waals surface area contributed by atoms with E-state index in [0.29, 0.717) is 5.56 Å². The number of carbonyl (C=O) groups is 1. The van der Waals surface area contributed by atoms with Crippen molar-refractivity contribution < 1.29 is 4.79 Å². The Morgan fingerprint density at radius 2 is 2.38 bits per heavy atom. The van der Waals surface area contributed by atoms with E-state index >= 15 is 0 Å². The molecule has 2 rings (SSSR count). The Morgan fingerprint density at radius 3 is 3.08 bits per heavy atom. The van der Waals surface area contributed by atoms with Crippen LogP contribution in [0.5, 0.6) is 0 Å². The van der Waals surface area contributed by atoms with Crippen molar-refractivity contribution >= 4 is 33.2 Å². The highest BCUT2D eigenvalue weighted by atomic mass is 79.9. The van der Waals surface area contributed by atoms with E-state index in [2.05, 4.69) is 20.9 Å². The molecule has 2 heterocycles. The van der Waals surface area contributed by atoms with Crippen LogP contribution < -0.4 is 0 Å². The van der Waals surface area contributed by atoms with Crippen LogP contribution in [0.2, 0.25) is 0 Å². The topological polar surface area (TPSA) is 34.9 Å². The van der Waals surface area contributed by atoms with Crippen LogP contribution in [-0.2, 0) is 7.05 Å². The van der Waals surface area contributed by atoms with Crippen LogP contribution in [0, 0.1) is 0 Å². The summed E-state index contributed by atoms with van der Waals surface area (Å²) in [6.07, 6.45) is 4.29. The van der Waals surface area contributed by atoms with Crippen LogP contribution in [0.15, 0.2) is 22.9 Å². The van der Waals surface area contributed by atoms with Gasteiger partial charge in [0.15, 0.2) is 6.29 Å². The van der Waals surface area contributed by atoms with Crippen LogP contribution in [0.1, 0.15) is 10.4 Å². The maximum absolute atomic E-state index is 10.7. The van der Waals surface area contributed by atoms with Gasteiger partial charge in [-0.05, 0) is 22.0 Å². The normalized spacial score (nSPS) is 10.6. The lowest BCUT2D eigenvalue weighted by molar-refractivity contribution is 0.112. The monoisotopic (exact) mass is 238 g/mol. The molecule has 0 saturated heterocycles. The van der Waals surface area contributed by atoms with Gasteiger partial charge in [0.2, 0.25) is 0 Å². The summed E-state index contributed by atoms with van der Waals surface area (Å²) in [5, 5.41) is 0. The molecule has 0 aliphatic heterocycles. The van der Waals surface area contributed by atoms with Crippen molar-refractivity contribution in [3.63, 3.8) is 0 Å². The maximum Gasteiger partial charge on any atom is 0.153 e. The molecular weight excluding hydrogens is 232 g/mol. The zero-order valence-electron chi connectivity index (χ0n) is 6.99. The minimum absolute atomic E-state index is 0.630. The van der Waals surface area contributed by atoms with Crippen molar-refractivity contribution in [3.8, 4) is 0 Å². The number of rotatable bonds is 1. The van der Waals surface area contributed by atoms with E-state index < -0.39 is 0 Å². The molecule has 0 aromatic carbocycles. The Morgan fingerprint density at radius 1 is 1.62 bits per heavy atom. The first kappa shape index (κ1) is 8.44. The van der Waals surface area contributed by atoms with E-state index in [1.54, 1.807) is 12.4 Å². The average Bonchev–Trinajstić information content (AvgIpc) is 2.43. The number of aldehydes is 1.